The molecule has 4 atom stereocenters. The minimum Gasteiger partial charge on any atom is -0.395 e. The van der Waals surface area contributed by atoms with Crippen LogP contribution in [-0.2, 0) is 27.2 Å². The summed E-state index contributed by atoms with van der Waals surface area (Å²) in [7, 11) is 0. The van der Waals surface area contributed by atoms with Crippen LogP contribution in [0.15, 0.2) is 60.7 Å². The molecule has 3 fully saturated rings. The molecule has 2 aromatic rings. The summed E-state index contributed by atoms with van der Waals surface area (Å²) in [5.74, 6) is -0.697. The second-order valence-electron chi connectivity index (χ2n) is 9.91. The molecule has 3 heterocycles. The van der Waals surface area contributed by atoms with Gasteiger partial charge in [0.05, 0.1) is 18.1 Å². The number of benzene rings is 2. The number of nitrogens with one attached hydrogen (secondary N) is 1. The van der Waals surface area contributed by atoms with Crippen molar-refractivity contribution < 1.29 is 19.5 Å². The summed E-state index contributed by atoms with van der Waals surface area (Å²) in [5.41, 5.74) is 1.40. The van der Waals surface area contributed by atoms with Crippen molar-refractivity contribution >= 4 is 17.7 Å². The van der Waals surface area contributed by atoms with Gasteiger partial charge in [0.1, 0.15) is 6.04 Å². The zero-order chi connectivity index (χ0) is 24.4. The third kappa shape index (κ3) is 4.12. The maximum Gasteiger partial charge on any atom is 0.245 e. The monoisotopic (exact) mass is 475 g/mol. The lowest BCUT2D eigenvalue weighted by Crippen LogP contribution is -2.61. The third-order valence-electron chi connectivity index (χ3n) is 8.05. The van der Waals surface area contributed by atoms with Gasteiger partial charge in [-0.05, 0) is 43.2 Å². The van der Waals surface area contributed by atoms with Crippen LogP contribution in [0.25, 0.3) is 0 Å². The Labute approximate surface area is 206 Å². The second kappa shape index (κ2) is 9.82. The van der Waals surface area contributed by atoms with Crippen LogP contribution in [0.1, 0.15) is 36.8 Å². The molecule has 0 aliphatic carbocycles. The molecule has 3 aliphatic heterocycles. The summed E-state index contributed by atoms with van der Waals surface area (Å²) in [4.78, 5) is 44.0. The number of aryl methyl sites for hydroxylation is 1. The van der Waals surface area contributed by atoms with Crippen molar-refractivity contribution in [3.8, 4) is 0 Å². The van der Waals surface area contributed by atoms with E-state index in [1.807, 2.05) is 65.6 Å². The Balaban J connectivity index is 1.36. The van der Waals surface area contributed by atoms with Crippen LogP contribution >= 0.6 is 0 Å². The first-order valence-electron chi connectivity index (χ1n) is 12.7. The standard InChI is InChI=1S/C28H33N3O4/c32-18-17-30-25(26(34)29-16-14-21-9-5-2-6-10-21)28-15-13-22(19-23(28)27(30)35)31(28)24(33)12-11-20-7-3-1-4-8-20/h1-10,22-23,25,32H,11-19H2,(H,29,34)/t22?,23-,25+,28?/m1/s1. The average molecular weight is 476 g/mol. The predicted molar refractivity (Wildman–Crippen MR) is 131 cm³/mol. The molecule has 7 heteroatoms. The molecular weight excluding hydrogens is 442 g/mol. The Bertz CT molecular complexity index is 1080. The number of carbonyl (C=O) groups is 3. The largest absolute Gasteiger partial charge is 0.395 e. The summed E-state index contributed by atoms with van der Waals surface area (Å²) < 4.78 is 0. The Morgan fingerprint density at radius 1 is 1.00 bits per heavy atom. The lowest BCUT2D eigenvalue weighted by atomic mass is 9.75. The minimum atomic E-state index is -0.818. The van der Waals surface area contributed by atoms with Crippen LogP contribution in [0, 0.1) is 5.92 Å². The highest BCUT2D eigenvalue weighted by atomic mass is 16.3. The highest BCUT2D eigenvalue weighted by Gasteiger charge is 2.72. The molecule has 1 spiro atoms. The maximum atomic E-state index is 13.6. The molecule has 184 valence electrons. The fraction of sp³-hybridized carbons (Fsp3) is 0.464. The molecule has 2 bridgehead atoms. The molecule has 35 heavy (non-hydrogen) atoms. The van der Waals surface area contributed by atoms with E-state index in [0.29, 0.717) is 38.6 Å². The van der Waals surface area contributed by atoms with E-state index in [0.717, 1.165) is 17.5 Å². The Morgan fingerprint density at radius 3 is 2.31 bits per heavy atom. The van der Waals surface area contributed by atoms with Gasteiger partial charge in [-0.1, -0.05) is 60.7 Å². The number of nitrogens with zero attached hydrogens (tertiary/aromatic N) is 2. The van der Waals surface area contributed by atoms with Crippen LogP contribution in [0.4, 0.5) is 0 Å². The summed E-state index contributed by atoms with van der Waals surface area (Å²) >= 11 is 0. The fourth-order valence-electron chi connectivity index (χ4n) is 6.64. The molecule has 2 aromatic carbocycles. The number of aliphatic hydroxyl groups is 1. The van der Waals surface area contributed by atoms with Crippen molar-refractivity contribution in [2.24, 2.45) is 5.92 Å². The van der Waals surface area contributed by atoms with Gasteiger partial charge in [0.25, 0.3) is 0 Å². The molecule has 3 saturated heterocycles. The molecular formula is C28H33N3O4. The van der Waals surface area contributed by atoms with Crippen LogP contribution in [-0.4, -0.2) is 69.9 Å². The van der Waals surface area contributed by atoms with Crippen molar-refractivity contribution in [2.75, 3.05) is 19.7 Å². The third-order valence-corrected chi connectivity index (χ3v) is 8.05. The van der Waals surface area contributed by atoms with Crippen molar-refractivity contribution in [2.45, 2.75) is 56.1 Å². The maximum absolute atomic E-state index is 13.6. The number of aliphatic hydroxyl groups excluding tert-OH is 1. The van der Waals surface area contributed by atoms with Crippen molar-refractivity contribution in [3.05, 3.63) is 71.8 Å². The normalized spacial score (nSPS) is 26.8. The molecule has 7 nitrogen and oxygen atoms in total. The zero-order valence-corrected chi connectivity index (χ0v) is 19.9. The van der Waals surface area contributed by atoms with Gasteiger partial charge in [0, 0.05) is 25.6 Å². The van der Waals surface area contributed by atoms with Gasteiger partial charge in [0.2, 0.25) is 17.7 Å². The van der Waals surface area contributed by atoms with Crippen molar-refractivity contribution in [1.82, 2.24) is 15.1 Å². The minimum absolute atomic E-state index is 0.00289. The number of fused-ring (bicyclic) bond motifs is 1. The Kier molecular flexibility index (Phi) is 6.60. The number of hydrogen-bond acceptors (Lipinski definition) is 4. The molecule has 3 aliphatic rings. The Morgan fingerprint density at radius 2 is 1.66 bits per heavy atom. The topological polar surface area (TPSA) is 90.0 Å². The van der Waals surface area contributed by atoms with Crippen LogP contribution < -0.4 is 5.32 Å². The first-order chi connectivity index (χ1) is 17.1. The number of β-amino-alcohol motifs (C(OH)–C–C–N with tert-alkyl or cyclic N) is 1. The average Bonchev–Trinajstić information content (AvgIpc) is 3.49. The van der Waals surface area contributed by atoms with E-state index in [4.69, 9.17) is 0 Å². The summed E-state index contributed by atoms with van der Waals surface area (Å²) in [6, 6.07) is 19.1. The van der Waals surface area contributed by atoms with Gasteiger partial charge in [-0.25, -0.2) is 0 Å². The number of hydrogen-bond donors (Lipinski definition) is 2. The summed E-state index contributed by atoms with van der Waals surface area (Å²) in [5, 5.41) is 12.7. The zero-order valence-electron chi connectivity index (χ0n) is 19.9. The van der Waals surface area contributed by atoms with Crippen LogP contribution in [0.2, 0.25) is 0 Å². The quantitative estimate of drug-likeness (QED) is 0.580. The fourth-order valence-corrected chi connectivity index (χ4v) is 6.64. The van der Waals surface area contributed by atoms with E-state index >= 15 is 0 Å². The first kappa shape index (κ1) is 23.5. The summed E-state index contributed by atoms with van der Waals surface area (Å²) in [6.07, 6.45) is 3.72. The van der Waals surface area contributed by atoms with Gasteiger partial charge >= 0.3 is 0 Å². The number of amides is 3. The first-order valence-corrected chi connectivity index (χ1v) is 12.7. The molecule has 5 rings (SSSR count). The molecule has 0 radical (unpaired) electrons. The van der Waals surface area contributed by atoms with Crippen molar-refractivity contribution in [1.29, 1.82) is 0 Å². The van der Waals surface area contributed by atoms with Gasteiger partial charge in [0.15, 0.2) is 0 Å². The van der Waals surface area contributed by atoms with Gasteiger partial charge in [-0.3, -0.25) is 14.4 Å². The number of carbonyl (C=O) groups excluding carboxylic acids is 3. The smallest absolute Gasteiger partial charge is 0.245 e. The van der Waals surface area contributed by atoms with Gasteiger partial charge in [-0.2, -0.15) is 0 Å². The van der Waals surface area contributed by atoms with Gasteiger partial charge < -0.3 is 20.2 Å². The highest BCUT2D eigenvalue weighted by Crippen LogP contribution is 2.57. The molecule has 0 saturated carbocycles. The SMILES string of the molecule is O=C(NCCc1ccccc1)[C@@H]1N(CCO)C(=O)[C@H]2CC3CCC21N3C(=O)CCc1ccccc1. The molecule has 2 unspecified atom stereocenters. The summed E-state index contributed by atoms with van der Waals surface area (Å²) in [6.45, 7) is 0.338. The van der Waals surface area contributed by atoms with Crippen LogP contribution in [0.3, 0.4) is 0 Å². The van der Waals surface area contributed by atoms with Crippen molar-refractivity contribution in [3.63, 3.8) is 0 Å². The molecule has 3 amide bonds. The Hall–Kier alpha value is -3.19. The molecule has 0 aromatic heterocycles. The second-order valence-corrected chi connectivity index (χ2v) is 9.91. The van der Waals surface area contributed by atoms with Gasteiger partial charge in [-0.15, -0.1) is 0 Å². The number of rotatable bonds is 9. The molecule has 2 N–H and O–H groups in total. The van der Waals surface area contributed by atoms with E-state index < -0.39 is 11.6 Å². The van der Waals surface area contributed by atoms with E-state index in [2.05, 4.69) is 5.32 Å². The van der Waals surface area contributed by atoms with E-state index in [9.17, 15) is 19.5 Å². The predicted octanol–water partition coefficient (Wildman–Crippen LogP) is 1.93. The lowest BCUT2D eigenvalue weighted by molar-refractivity contribution is -0.142. The van der Waals surface area contributed by atoms with E-state index in [1.54, 1.807) is 0 Å². The van der Waals surface area contributed by atoms with E-state index in [1.165, 1.54) is 4.90 Å². The number of likely N-dealkylation sites (tertiary alicyclic amines) is 1. The van der Waals surface area contributed by atoms with Crippen LogP contribution in [0.5, 0.6) is 0 Å². The lowest BCUT2D eigenvalue weighted by Gasteiger charge is -2.40. The highest BCUT2D eigenvalue weighted by molar-refractivity contribution is 5.98. The van der Waals surface area contributed by atoms with E-state index in [-0.39, 0.29) is 42.8 Å².